The molecule has 1 N–H and O–H groups in total. The van der Waals surface area contributed by atoms with Gasteiger partial charge in [0.2, 0.25) is 0 Å². The van der Waals surface area contributed by atoms with Gasteiger partial charge in [0.25, 0.3) is 0 Å². The lowest BCUT2D eigenvalue weighted by molar-refractivity contribution is -0.141. The van der Waals surface area contributed by atoms with E-state index in [1.807, 2.05) is 0 Å². The fraction of sp³-hybridized carbons (Fsp3) is 0.909. The summed E-state index contributed by atoms with van der Waals surface area (Å²) in [5.41, 5.74) is 0. The van der Waals surface area contributed by atoms with Crippen molar-refractivity contribution in [1.82, 2.24) is 0 Å². The molecule has 0 aromatic rings. The van der Waals surface area contributed by atoms with Crippen LogP contribution in [0.25, 0.3) is 0 Å². The van der Waals surface area contributed by atoms with Crippen LogP contribution in [0.3, 0.4) is 0 Å². The molecule has 0 amide bonds. The quantitative estimate of drug-likeness (QED) is 0.784. The Kier molecular flexibility index (Phi) is 4.30. The number of carboxylic acid groups (broad SMARTS) is 1. The normalized spacial score (nSPS) is 32.9. The molecule has 0 aromatic heterocycles. The Hall–Kier alpha value is -0.180. The lowest BCUT2D eigenvalue weighted by atomic mass is 9.82. The van der Waals surface area contributed by atoms with E-state index in [2.05, 4.69) is 13.8 Å². The van der Waals surface area contributed by atoms with Gasteiger partial charge in [-0.15, -0.1) is 11.8 Å². The molecule has 0 saturated heterocycles. The van der Waals surface area contributed by atoms with Gasteiger partial charge in [-0.25, -0.2) is 0 Å². The summed E-state index contributed by atoms with van der Waals surface area (Å²) in [5, 5.41) is 9.31. The molecule has 2 atom stereocenters. The van der Waals surface area contributed by atoms with Crippen LogP contribution in [-0.2, 0) is 4.79 Å². The zero-order chi connectivity index (χ0) is 10.6. The van der Waals surface area contributed by atoms with Crippen LogP contribution in [0.1, 0.15) is 46.0 Å². The standard InChI is InChI=1S/C11H20O2S/c1-3-7-14-11(10(12)13)6-4-5-9(2)8-11/h9H,3-8H2,1-2H3,(H,12,13). The maximum absolute atomic E-state index is 11.3. The van der Waals surface area contributed by atoms with Crippen LogP contribution in [-0.4, -0.2) is 21.6 Å². The number of carboxylic acids is 1. The Balaban J connectivity index is 2.65. The third kappa shape index (κ3) is 2.66. The van der Waals surface area contributed by atoms with Crippen LogP contribution in [0.2, 0.25) is 0 Å². The van der Waals surface area contributed by atoms with Gasteiger partial charge in [-0.2, -0.15) is 0 Å². The molecule has 0 heterocycles. The number of rotatable bonds is 4. The van der Waals surface area contributed by atoms with Crippen molar-refractivity contribution in [2.45, 2.75) is 50.7 Å². The molecule has 1 aliphatic rings. The number of hydrogen-bond acceptors (Lipinski definition) is 2. The monoisotopic (exact) mass is 216 g/mol. The van der Waals surface area contributed by atoms with Crippen LogP contribution in [0.15, 0.2) is 0 Å². The first-order valence-corrected chi connectivity index (χ1v) is 6.46. The van der Waals surface area contributed by atoms with Crippen LogP contribution in [0.4, 0.5) is 0 Å². The fourth-order valence-electron chi connectivity index (χ4n) is 2.19. The Bertz CT molecular complexity index is 205. The molecule has 2 unspecified atom stereocenters. The van der Waals surface area contributed by atoms with Crippen molar-refractivity contribution in [3.63, 3.8) is 0 Å². The minimum Gasteiger partial charge on any atom is -0.480 e. The summed E-state index contributed by atoms with van der Waals surface area (Å²) >= 11 is 1.66. The Morgan fingerprint density at radius 1 is 1.64 bits per heavy atom. The minimum absolute atomic E-state index is 0.465. The van der Waals surface area contributed by atoms with E-state index >= 15 is 0 Å². The SMILES string of the molecule is CCCSC1(C(=O)O)CCCC(C)C1. The smallest absolute Gasteiger partial charge is 0.319 e. The Morgan fingerprint density at radius 2 is 2.36 bits per heavy atom. The number of carbonyl (C=O) groups is 1. The van der Waals surface area contributed by atoms with E-state index in [9.17, 15) is 9.90 Å². The lowest BCUT2D eigenvalue weighted by Gasteiger charge is -2.35. The first-order chi connectivity index (χ1) is 6.60. The molecule has 0 aromatic carbocycles. The molecule has 1 rings (SSSR count). The van der Waals surface area contributed by atoms with Gasteiger partial charge in [-0.05, 0) is 30.9 Å². The van der Waals surface area contributed by atoms with Crippen LogP contribution in [0.5, 0.6) is 0 Å². The van der Waals surface area contributed by atoms with Crippen molar-refractivity contribution in [2.75, 3.05) is 5.75 Å². The minimum atomic E-state index is -0.595. The Labute approximate surface area is 90.5 Å². The van der Waals surface area contributed by atoms with Crippen molar-refractivity contribution in [3.05, 3.63) is 0 Å². The molecule has 0 bridgehead atoms. The highest BCUT2D eigenvalue weighted by molar-refractivity contribution is 8.01. The molecular weight excluding hydrogens is 196 g/mol. The Morgan fingerprint density at radius 3 is 2.86 bits per heavy atom. The molecule has 2 nitrogen and oxygen atoms in total. The zero-order valence-corrected chi connectivity index (χ0v) is 9.90. The number of thioether (sulfide) groups is 1. The summed E-state index contributed by atoms with van der Waals surface area (Å²) in [5.74, 6) is 0.950. The van der Waals surface area contributed by atoms with Crippen LogP contribution in [0, 0.1) is 5.92 Å². The van der Waals surface area contributed by atoms with E-state index in [0.29, 0.717) is 5.92 Å². The molecule has 14 heavy (non-hydrogen) atoms. The number of hydrogen-bond donors (Lipinski definition) is 1. The second-order valence-corrected chi connectivity index (χ2v) is 5.83. The number of aliphatic carboxylic acids is 1. The molecule has 1 fully saturated rings. The van der Waals surface area contributed by atoms with Crippen LogP contribution >= 0.6 is 11.8 Å². The lowest BCUT2D eigenvalue weighted by Crippen LogP contribution is -2.39. The summed E-state index contributed by atoms with van der Waals surface area (Å²) in [6.07, 6.45) is 5.05. The zero-order valence-electron chi connectivity index (χ0n) is 9.08. The molecule has 0 spiro atoms. The van der Waals surface area contributed by atoms with Gasteiger partial charge in [-0.1, -0.05) is 26.7 Å². The first kappa shape index (κ1) is 11.9. The molecule has 0 aliphatic heterocycles. The molecule has 3 heteroatoms. The molecule has 1 aliphatic carbocycles. The third-order valence-electron chi connectivity index (χ3n) is 2.93. The predicted molar refractivity (Wildman–Crippen MR) is 60.7 cm³/mol. The van der Waals surface area contributed by atoms with Gasteiger partial charge in [0, 0.05) is 0 Å². The van der Waals surface area contributed by atoms with Gasteiger partial charge >= 0.3 is 5.97 Å². The van der Waals surface area contributed by atoms with Gasteiger partial charge in [0.15, 0.2) is 0 Å². The summed E-state index contributed by atoms with van der Waals surface area (Å²) in [6, 6.07) is 0. The van der Waals surface area contributed by atoms with Gasteiger partial charge < -0.3 is 5.11 Å². The highest BCUT2D eigenvalue weighted by Gasteiger charge is 2.41. The largest absolute Gasteiger partial charge is 0.480 e. The average molecular weight is 216 g/mol. The van der Waals surface area contributed by atoms with Gasteiger partial charge in [0.1, 0.15) is 4.75 Å². The summed E-state index contributed by atoms with van der Waals surface area (Å²) in [4.78, 5) is 11.3. The molecule has 82 valence electrons. The van der Waals surface area contributed by atoms with Crippen molar-refractivity contribution >= 4 is 17.7 Å². The molecule has 0 radical (unpaired) electrons. The molecular formula is C11H20O2S. The van der Waals surface area contributed by atoms with E-state index in [1.54, 1.807) is 11.8 Å². The van der Waals surface area contributed by atoms with Gasteiger partial charge in [0.05, 0.1) is 0 Å². The maximum atomic E-state index is 11.3. The highest BCUT2D eigenvalue weighted by Crippen LogP contribution is 2.42. The second-order valence-electron chi connectivity index (χ2n) is 4.35. The van der Waals surface area contributed by atoms with Crippen molar-refractivity contribution < 1.29 is 9.90 Å². The van der Waals surface area contributed by atoms with E-state index in [-0.39, 0.29) is 0 Å². The van der Waals surface area contributed by atoms with Crippen molar-refractivity contribution in [1.29, 1.82) is 0 Å². The van der Waals surface area contributed by atoms with E-state index in [4.69, 9.17) is 0 Å². The van der Waals surface area contributed by atoms with E-state index in [1.165, 1.54) is 6.42 Å². The third-order valence-corrected chi connectivity index (χ3v) is 4.64. The predicted octanol–water partition coefficient (Wildman–Crippen LogP) is 3.16. The highest BCUT2D eigenvalue weighted by atomic mass is 32.2. The van der Waals surface area contributed by atoms with Crippen molar-refractivity contribution in [2.24, 2.45) is 5.92 Å². The van der Waals surface area contributed by atoms with E-state index < -0.39 is 10.7 Å². The van der Waals surface area contributed by atoms with Crippen molar-refractivity contribution in [3.8, 4) is 0 Å². The molecule has 1 saturated carbocycles. The van der Waals surface area contributed by atoms with Crippen LogP contribution < -0.4 is 0 Å². The maximum Gasteiger partial charge on any atom is 0.319 e. The summed E-state index contributed by atoms with van der Waals surface area (Å²) < 4.78 is -0.465. The second kappa shape index (κ2) is 5.06. The first-order valence-electron chi connectivity index (χ1n) is 5.48. The summed E-state index contributed by atoms with van der Waals surface area (Å²) in [6.45, 7) is 4.28. The summed E-state index contributed by atoms with van der Waals surface area (Å²) in [7, 11) is 0. The topological polar surface area (TPSA) is 37.3 Å². The fourth-order valence-corrected chi connectivity index (χ4v) is 3.60. The van der Waals surface area contributed by atoms with Gasteiger partial charge in [-0.3, -0.25) is 4.79 Å². The average Bonchev–Trinajstić information content (AvgIpc) is 2.14. The van der Waals surface area contributed by atoms with E-state index in [0.717, 1.165) is 31.4 Å².